The molecule has 2 rings (SSSR count). The molecule has 4 heteroatoms. The predicted molar refractivity (Wildman–Crippen MR) is 71.4 cm³/mol. The third-order valence-corrected chi connectivity index (χ3v) is 3.07. The van der Waals surface area contributed by atoms with Crippen molar-refractivity contribution in [3.63, 3.8) is 0 Å². The van der Waals surface area contributed by atoms with Gasteiger partial charge in [0.1, 0.15) is 23.9 Å². The molecule has 0 fully saturated rings. The molecular formula is C14H12BrFO2. The van der Waals surface area contributed by atoms with Crippen molar-refractivity contribution in [2.75, 3.05) is 7.11 Å². The van der Waals surface area contributed by atoms with Crippen LogP contribution < -0.4 is 9.47 Å². The molecule has 0 spiro atoms. The van der Waals surface area contributed by atoms with Gasteiger partial charge in [-0.15, -0.1) is 0 Å². The van der Waals surface area contributed by atoms with Crippen LogP contribution in [0.4, 0.5) is 4.39 Å². The van der Waals surface area contributed by atoms with Crippen LogP contribution in [-0.4, -0.2) is 7.11 Å². The Morgan fingerprint density at radius 3 is 2.61 bits per heavy atom. The molecule has 0 atom stereocenters. The zero-order chi connectivity index (χ0) is 13.0. The van der Waals surface area contributed by atoms with Gasteiger partial charge in [0.05, 0.1) is 11.6 Å². The molecule has 0 saturated carbocycles. The Kier molecular flexibility index (Phi) is 4.20. The lowest BCUT2D eigenvalue weighted by atomic mass is 10.2. The van der Waals surface area contributed by atoms with Crippen LogP contribution in [0.3, 0.4) is 0 Å². The van der Waals surface area contributed by atoms with Gasteiger partial charge in [-0.3, -0.25) is 0 Å². The lowest BCUT2D eigenvalue weighted by molar-refractivity contribution is 0.303. The lowest BCUT2D eigenvalue weighted by Crippen LogP contribution is -1.96. The number of benzene rings is 2. The van der Waals surface area contributed by atoms with E-state index in [1.165, 1.54) is 6.07 Å². The van der Waals surface area contributed by atoms with Crippen molar-refractivity contribution >= 4 is 15.9 Å². The summed E-state index contributed by atoms with van der Waals surface area (Å²) in [4.78, 5) is 0. The van der Waals surface area contributed by atoms with Crippen LogP contribution in [0.2, 0.25) is 0 Å². The van der Waals surface area contributed by atoms with Gasteiger partial charge in [-0.25, -0.2) is 4.39 Å². The van der Waals surface area contributed by atoms with Crippen LogP contribution >= 0.6 is 15.9 Å². The molecule has 0 aliphatic rings. The highest BCUT2D eigenvalue weighted by Crippen LogP contribution is 2.21. The van der Waals surface area contributed by atoms with Gasteiger partial charge in [0.2, 0.25) is 0 Å². The summed E-state index contributed by atoms with van der Waals surface area (Å²) in [7, 11) is 1.60. The molecule has 2 aromatic carbocycles. The smallest absolute Gasteiger partial charge is 0.137 e. The summed E-state index contributed by atoms with van der Waals surface area (Å²) in [6, 6.07) is 12.2. The summed E-state index contributed by atoms with van der Waals surface area (Å²) < 4.78 is 24.4. The number of halogens is 2. The highest BCUT2D eigenvalue weighted by atomic mass is 79.9. The minimum atomic E-state index is -0.290. The summed E-state index contributed by atoms with van der Waals surface area (Å²) >= 11 is 3.11. The molecule has 2 nitrogen and oxygen atoms in total. The van der Waals surface area contributed by atoms with Crippen LogP contribution in [0.1, 0.15) is 5.56 Å². The summed E-state index contributed by atoms with van der Waals surface area (Å²) in [6.45, 7) is 0.317. The molecule has 0 amide bonds. The zero-order valence-electron chi connectivity index (χ0n) is 9.82. The van der Waals surface area contributed by atoms with E-state index in [9.17, 15) is 4.39 Å². The predicted octanol–water partition coefficient (Wildman–Crippen LogP) is 4.18. The zero-order valence-corrected chi connectivity index (χ0v) is 11.4. The van der Waals surface area contributed by atoms with Crippen molar-refractivity contribution < 1.29 is 13.9 Å². The summed E-state index contributed by atoms with van der Waals surface area (Å²) in [5.74, 6) is 1.13. The normalized spacial score (nSPS) is 10.2. The van der Waals surface area contributed by atoms with Crippen molar-refractivity contribution in [3.05, 3.63) is 58.3 Å². The van der Waals surface area contributed by atoms with Crippen molar-refractivity contribution in [3.8, 4) is 11.5 Å². The Labute approximate surface area is 113 Å². The van der Waals surface area contributed by atoms with E-state index in [-0.39, 0.29) is 5.82 Å². The van der Waals surface area contributed by atoms with E-state index >= 15 is 0 Å². The van der Waals surface area contributed by atoms with Gasteiger partial charge in [0.25, 0.3) is 0 Å². The standard InChI is InChI=1S/C14H12BrFO2/c1-17-11-3-2-4-12(8-11)18-9-10-5-6-13(15)14(16)7-10/h2-8H,9H2,1H3. The van der Waals surface area contributed by atoms with Crippen molar-refractivity contribution in [2.45, 2.75) is 6.61 Å². The second-order valence-electron chi connectivity index (χ2n) is 3.72. The third-order valence-electron chi connectivity index (χ3n) is 2.43. The first-order valence-corrected chi connectivity index (χ1v) is 6.19. The molecule has 0 saturated heterocycles. The number of hydrogen-bond acceptors (Lipinski definition) is 2. The molecule has 94 valence electrons. The fraction of sp³-hybridized carbons (Fsp3) is 0.143. The third kappa shape index (κ3) is 3.23. The molecule has 0 aromatic heterocycles. The number of rotatable bonds is 4. The maximum atomic E-state index is 13.3. The Hall–Kier alpha value is -1.55. The fourth-order valence-corrected chi connectivity index (χ4v) is 1.73. The van der Waals surface area contributed by atoms with E-state index in [1.54, 1.807) is 19.2 Å². The van der Waals surface area contributed by atoms with Gasteiger partial charge in [0, 0.05) is 6.07 Å². The molecule has 0 unspecified atom stereocenters. The highest BCUT2D eigenvalue weighted by Gasteiger charge is 2.02. The monoisotopic (exact) mass is 310 g/mol. The number of methoxy groups -OCH3 is 1. The molecule has 2 aromatic rings. The topological polar surface area (TPSA) is 18.5 Å². The van der Waals surface area contributed by atoms with Crippen LogP contribution in [0.15, 0.2) is 46.9 Å². The molecule has 0 bridgehead atoms. The number of hydrogen-bond donors (Lipinski definition) is 0. The molecule has 18 heavy (non-hydrogen) atoms. The minimum absolute atomic E-state index is 0.290. The van der Waals surface area contributed by atoms with Crippen LogP contribution in [-0.2, 0) is 6.61 Å². The van der Waals surface area contributed by atoms with Crippen LogP contribution in [0.25, 0.3) is 0 Å². The largest absolute Gasteiger partial charge is 0.497 e. The molecule has 0 N–H and O–H groups in total. The van der Waals surface area contributed by atoms with E-state index in [4.69, 9.17) is 9.47 Å². The molecule has 0 radical (unpaired) electrons. The highest BCUT2D eigenvalue weighted by molar-refractivity contribution is 9.10. The minimum Gasteiger partial charge on any atom is -0.497 e. The molecular weight excluding hydrogens is 299 g/mol. The van der Waals surface area contributed by atoms with Gasteiger partial charge < -0.3 is 9.47 Å². The van der Waals surface area contributed by atoms with Gasteiger partial charge >= 0.3 is 0 Å². The average molecular weight is 311 g/mol. The Morgan fingerprint density at radius 1 is 1.11 bits per heavy atom. The lowest BCUT2D eigenvalue weighted by Gasteiger charge is -2.08. The van der Waals surface area contributed by atoms with Crippen molar-refractivity contribution in [2.24, 2.45) is 0 Å². The van der Waals surface area contributed by atoms with Crippen molar-refractivity contribution in [1.29, 1.82) is 0 Å². The summed E-state index contributed by atoms with van der Waals surface area (Å²) in [5.41, 5.74) is 0.776. The first-order chi connectivity index (χ1) is 8.69. The van der Waals surface area contributed by atoms with Gasteiger partial charge in [-0.1, -0.05) is 12.1 Å². The Balaban J connectivity index is 2.04. The Morgan fingerprint density at radius 2 is 1.89 bits per heavy atom. The summed E-state index contributed by atoms with van der Waals surface area (Å²) in [5, 5.41) is 0. The van der Waals surface area contributed by atoms with Gasteiger partial charge in [-0.05, 0) is 45.8 Å². The fourth-order valence-electron chi connectivity index (χ4n) is 1.49. The maximum absolute atomic E-state index is 13.3. The van der Waals surface area contributed by atoms with E-state index in [0.717, 1.165) is 11.3 Å². The van der Waals surface area contributed by atoms with Crippen LogP contribution in [0, 0.1) is 5.82 Å². The van der Waals surface area contributed by atoms with E-state index in [2.05, 4.69) is 15.9 Å². The van der Waals surface area contributed by atoms with Gasteiger partial charge in [0.15, 0.2) is 0 Å². The van der Waals surface area contributed by atoms with Crippen LogP contribution in [0.5, 0.6) is 11.5 Å². The van der Waals surface area contributed by atoms with Crippen molar-refractivity contribution in [1.82, 2.24) is 0 Å². The molecule has 0 aliphatic heterocycles. The second-order valence-corrected chi connectivity index (χ2v) is 4.57. The van der Waals surface area contributed by atoms with E-state index in [1.807, 2.05) is 24.3 Å². The maximum Gasteiger partial charge on any atom is 0.137 e. The molecule has 0 heterocycles. The van der Waals surface area contributed by atoms with E-state index < -0.39 is 0 Å². The Bertz CT molecular complexity index is 543. The summed E-state index contributed by atoms with van der Waals surface area (Å²) in [6.07, 6.45) is 0. The average Bonchev–Trinajstić information content (AvgIpc) is 2.40. The van der Waals surface area contributed by atoms with E-state index in [0.29, 0.717) is 16.8 Å². The first kappa shape index (κ1) is 12.9. The van der Waals surface area contributed by atoms with Gasteiger partial charge in [-0.2, -0.15) is 0 Å². The first-order valence-electron chi connectivity index (χ1n) is 5.40. The molecule has 0 aliphatic carbocycles. The SMILES string of the molecule is COc1cccc(OCc2ccc(Br)c(F)c2)c1. The second kappa shape index (κ2) is 5.87. The quantitative estimate of drug-likeness (QED) is 0.843. The number of ether oxygens (including phenoxy) is 2.